The van der Waals surface area contributed by atoms with E-state index in [1.807, 2.05) is 0 Å². The average Bonchev–Trinajstić information content (AvgIpc) is 2.75. The third-order valence-electron chi connectivity index (χ3n) is 6.19. The number of ether oxygens (including phenoxy) is 2. The van der Waals surface area contributed by atoms with E-state index < -0.39 is 0 Å². The summed E-state index contributed by atoms with van der Waals surface area (Å²) in [7, 11) is 0. The van der Waals surface area contributed by atoms with E-state index in [1.165, 1.54) is 33.4 Å². The van der Waals surface area contributed by atoms with E-state index >= 15 is 0 Å². The Kier molecular flexibility index (Phi) is 7.60. The smallest absolute Gasteiger partial charge is 0.130 e. The van der Waals surface area contributed by atoms with Crippen LogP contribution in [0.15, 0.2) is 36.4 Å². The van der Waals surface area contributed by atoms with E-state index in [4.69, 9.17) is 14.5 Å². The number of aromatic nitrogens is 1. The lowest BCUT2D eigenvalue weighted by molar-refractivity contribution is 0.229. The molecular formula is C29H37NO2. The van der Waals surface area contributed by atoms with Gasteiger partial charge in [0, 0.05) is 17.3 Å². The summed E-state index contributed by atoms with van der Waals surface area (Å²) in [6, 6.07) is 12.9. The standard InChI is InChI=1S/C29H37NO2/c1-9-23-12-11-13-24(10-2)29(23)27-16-28(32-18(3)4)26(22(8)30-27)17-31-25-14-19(5)21(7)20(6)15-25/h11-16,18H,9-10,17H2,1-8H3. The maximum atomic E-state index is 6.27. The van der Waals surface area contributed by atoms with Crippen LogP contribution in [0, 0.1) is 27.7 Å². The summed E-state index contributed by atoms with van der Waals surface area (Å²) in [4.78, 5) is 5.03. The van der Waals surface area contributed by atoms with Gasteiger partial charge in [0.15, 0.2) is 0 Å². The molecule has 32 heavy (non-hydrogen) atoms. The van der Waals surface area contributed by atoms with Crippen molar-refractivity contribution in [2.24, 2.45) is 0 Å². The second kappa shape index (κ2) is 10.2. The largest absolute Gasteiger partial charge is 0.490 e. The average molecular weight is 432 g/mol. The van der Waals surface area contributed by atoms with E-state index in [0.717, 1.165) is 41.3 Å². The molecule has 1 heterocycles. The van der Waals surface area contributed by atoms with E-state index in [2.05, 4.69) is 91.8 Å². The lowest BCUT2D eigenvalue weighted by Gasteiger charge is -2.20. The first-order valence-electron chi connectivity index (χ1n) is 11.7. The van der Waals surface area contributed by atoms with Crippen LogP contribution in [0.2, 0.25) is 0 Å². The highest BCUT2D eigenvalue weighted by Gasteiger charge is 2.18. The van der Waals surface area contributed by atoms with Crippen molar-refractivity contribution in [1.29, 1.82) is 0 Å². The molecule has 3 nitrogen and oxygen atoms in total. The number of benzene rings is 2. The zero-order valence-corrected chi connectivity index (χ0v) is 20.9. The fourth-order valence-electron chi connectivity index (χ4n) is 4.14. The van der Waals surface area contributed by atoms with Gasteiger partial charge in [-0.25, -0.2) is 0 Å². The molecule has 3 rings (SSSR count). The van der Waals surface area contributed by atoms with E-state index in [1.54, 1.807) is 0 Å². The van der Waals surface area contributed by atoms with Crippen molar-refractivity contribution in [3.8, 4) is 22.8 Å². The highest BCUT2D eigenvalue weighted by molar-refractivity contribution is 5.70. The quantitative estimate of drug-likeness (QED) is 0.370. The van der Waals surface area contributed by atoms with Crippen molar-refractivity contribution in [3.05, 3.63) is 75.5 Å². The van der Waals surface area contributed by atoms with Gasteiger partial charge in [0.05, 0.1) is 17.4 Å². The Morgan fingerprint density at radius 2 is 1.47 bits per heavy atom. The Labute approximate surface area is 193 Å². The molecule has 3 aromatic rings. The molecule has 1 aromatic heterocycles. The molecule has 0 unspecified atom stereocenters. The fourth-order valence-corrected chi connectivity index (χ4v) is 4.14. The predicted octanol–water partition coefficient (Wildman–Crippen LogP) is 7.47. The van der Waals surface area contributed by atoms with Gasteiger partial charge in [0.1, 0.15) is 18.1 Å². The van der Waals surface area contributed by atoms with Crippen molar-refractivity contribution >= 4 is 0 Å². The van der Waals surface area contributed by atoms with Crippen molar-refractivity contribution in [2.45, 2.75) is 80.9 Å². The lowest BCUT2D eigenvalue weighted by atomic mass is 9.94. The normalized spacial score (nSPS) is 11.2. The van der Waals surface area contributed by atoms with E-state index in [9.17, 15) is 0 Å². The van der Waals surface area contributed by atoms with Crippen molar-refractivity contribution in [3.63, 3.8) is 0 Å². The fraction of sp³-hybridized carbons (Fsp3) is 0.414. The molecule has 0 amide bonds. The van der Waals surface area contributed by atoms with Crippen LogP contribution in [0.1, 0.15) is 66.8 Å². The van der Waals surface area contributed by atoms with Crippen LogP contribution in [0.5, 0.6) is 11.5 Å². The number of rotatable bonds is 8. The van der Waals surface area contributed by atoms with Crippen LogP contribution >= 0.6 is 0 Å². The number of nitrogens with zero attached hydrogens (tertiary/aromatic N) is 1. The SMILES string of the molecule is CCc1cccc(CC)c1-c1cc(OC(C)C)c(COc2cc(C)c(C)c(C)c2)c(C)n1. The van der Waals surface area contributed by atoms with E-state index in [-0.39, 0.29) is 6.10 Å². The van der Waals surface area contributed by atoms with Crippen LogP contribution in [-0.4, -0.2) is 11.1 Å². The van der Waals surface area contributed by atoms with Gasteiger partial charge in [-0.2, -0.15) is 0 Å². The third kappa shape index (κ3) is 5.15. The van der Waals surface area contributed by atoms with Crippen molar-refractivity contribution in [1.82, 2.24) is 4.98 Å². The highest BCUT2D eigenvalue weighted by Crippen LogP contribution is 2.34. The minimum absolute atomic E-state index is 0.0688. The lowest BCUT2D eigenvalue weighted by Crippen LogP contribution is -2.11. The van der Waals surface area contributed by atoms with Gasteiger partial charge in [0.2, 0.25) is 0 Å². The molecule has 2 aromatic carbocycles. The van der Waals surface area contributed by atoms with Crippen LogP contribution in [0.3, 0.4) is 0 Å². The number of hydrogen-bond donors (Lipinski definition) is 0. The van der Waals surface area contributed by atoms with Crippen molar-refractivity contribution in [2.75, 3.05) is 0 Å². The molecule has 3 heteroatoms. The monoisotopic (exact) mass is 431 g/mol. The molecule has 0 bridgehead atoms. The molecule has 170 valence electrons. The molecule has 0 spiro atoms. The Balaban J connectivity index is 2.04. The Hall–Kier alpha value is -2.81. The van der Waals surface area contributed by atoms with Gasteiger partial charge in [-0.05, 0) is 94.3 Å². The van der Waals surface area contributed by atoms with Gasteiger partial charge < -0.3 is 9.47 Å². The van der Waals surface area contributed by atoms with Crippen molar-refractivity contribution < 1.29 is 9.47 Å². The number of aryl methyl sites for hydroxylation is 5. The summed E-state index contributed by atoms with van der Waals surface area (Å²) >= 11 is 0. The first-order chi connectivity index (χ1) is 15.2. The third-order valence-corrected chi connectivity index (χ3v) is 6.19. The zero-order chi connectivity index (χ0) is 23.4. The maximum Gasteiger partial charge on any atom is 0.130 e. The van der Waals surface area contributed by atoms with Gasteiger partial charge in [-0.15, -0.1) is 0 Å². The summed E-state index contributed by atoms with van der Waals surface area (Å²) in [6.45, 7) is 17.4. The minimum atomic E-state index is 0.0688. The molecule has 0 radical (unpaired) electrons. The van der Waals surface area contributed by atoms with Crippen LogP contribution in [0.4, 0.5) is 0 Å². The summed E-state index contributed by atoms with van der Waals surface area (Å²) in [5, 5.41) is 0. The Bertz CT molecular complexity index is 1050. The molecule has 0 saturated heterocycles. The van der Waals surface area contributed by atoms with Gasteiger partial charge in [0.25, 0.3) is 0 Å². The van der Waals surface area contributed by atoms with E-state index in [0.29, 0.717) is 6.61 Å². The summed E-state index contributed by atoms with van der Waals surface area (Å²) < 4.78 is 12.5. The maximum absolute atomic E-state index is 6.27. The zero-order valence-electron chi connectivity index (χ0n) is 20.9. The van der Waals surface area contributed by atoms with Gasteiger partial charge in [-0.3, -0.25) is 4.98 Å². The molecule has 0 fully saturated rings. The highest BCUT2D eigenvalue weighted by atomic mass is 16.5. The number of pyridine rings is 1. The topological polar surface area (TPSA) is 31.4 Å². The molecular weight excluding hydrogens is 394 g/mol. The summed E-state index contributed by atoms with van der Waals surface area (Å²) in [5.41, 5.74) is 10.6. The molecule has 0 saturated carbocycles. The molecule has 0 aliphatic heterocycles. The van der Waals surface area contributed by atoms with Crippen LogP contribution in [-0.2, 0) is 19.4 Å². The molecule has 0 N–H and O–H groups in total. The van der Waals surface area contributed by atoms with Crippen LogP contribution < -0.4 is 9.47 Å². The second-order valence-electron chi connectivity index (χ2n) is 8.87. The molecule has 0 aliphatic carbocycles. The van der Waals surface area contributed by atoms with Gasteiger partial charge >= 0.3 is 0 Å². The first-order valence-corrected chi connectivity index (χ1v) is 11.7. The first kappa shape index (κ1) is 23.8. The number of hydrogen-bond acceptors (Lipinski definition) is 3. The second-order valence-corrected chi connectivity index (χ2v) is 8.87. The van der Waals surface area contributed by atoms with Gasteiger partial charge in [-0.1, -0.05) is 32.0 Å². The molecule has 0 aliphatic rings. The summed E-state index contributed by atoms with van der Waals surface area (Å²) in [5.74, 6) is 1.74. The summed E-state index contributed by atoms with van der Waals surface area (Å²) in [6.07, 6.45) is 2.02. The Morgan fingerprint density at radius 3 is 2.00 bits per heavy atom. The minimum Gasteiger partial charge on any atom is -0.490 e. The predicted molar refractivity (Wildman–Crippen MR) is 134 cm³/mol. The van der Waals surface area contributed by atoms with Crippen LogP contribution in [0.25, 0.3) is 11.3 Å². The molecule has 0 atom stereocenters. The Morgan fingerprint density at radius 1 is 0.875 bits per heavy atom.